The Morgan fingerprint density at radius 2 is 2.19 bits per heavy atom. The maximum atomic E-state index is 12.2. The summed E-state index contributed by atoms with van der Waals surface area (Å²) in [5.74, 6) is 0.0158. The van der Waals surface area contributed by atoms with Crippen LogP contribution in [0.25, 0.3) is 0 Å². The molecule has 1 aromatic carbocycles. The van der Waals surface area contributed by atoms with E-state index >= 15 is 0 Å². The number of para-hydroxylation sites is 1. The molecule has 0 radical (unpaired) electrons. The molecule has 0 aliphatic carbocycles. The number of carbonyl (C=O) groups excluding carboxylic acids is 1. The first-order valence-corrected chi connectivity index (χ1v) is 7.75. The number of carbonyl (C=O) groups is 1. The van der Waals surface area contributed by atoms with E-state index in [0.29, 0.717) is 13.2 Å². The molecule has 2 heterocycles. The minimum atomic E-state index is -0.342. The van der Waals surface area contributed by atoms with E-state index in [1.54, 1.807) is 0 Å². The van der Waals surface area contributed by atoms with Crippen molar-refractivity contribution in [1.82, 2.24) is 10.6 Å². The average Bonchev–Trinajstić information content (AvgIpc) is 2.57. The lowest BCUT2D eigenvalue weighted by molar-refractivity contribution is -0.135. The first-order chi connectivity index (χ1) is 10.3. The number of ether oxygens (including phenoxy) is 1. The van der Waals surface area contributed by atoms with Gasteiger partial charge < -0.3 is 20.3 Å². The zero-order valence-corrected chi connectivity index (χ0v) is 12.3. The summed E-state index contributed by atoms with van der Waals surface area (Å²) in [6.07, 6.45) is 1.80. The number of hydrogen-bond acceptors (Lipinski definition) is 4. The summed E-state index contributed by atoms with van der Waals surface area (Å²) in [4.78, 5) is 14.6. The molecule has 0 aromatic heterocycles. The van der Waals surface area contributed by atoms with Gasteiger partial charge in [-0.2, -0.15) is 0 Å². The maximum Gasteiger partial charge on any atom is 0.250 e. The Morgan fingerprint density at radius 1 is 1.33 bits per heavy atom. The van der Waals surface area contributed by atoms with Crippen molar-refractivity contribution in [2.24, 2.45) is 0 Å². The molecular formula is C16H23N3O2. The lowest BCUT2D eigenvalue weighted by Crippen LogP contribution is -2.54. The predicted octanol–water partition coefficient (Wildman–Crippen LogP) is 0.760. The van der Waals surface area contributed by atoms with Crippen LogP contribution < -0.4 is 15.5 Å². The van der Waals surface area contributed by atoms with Crippen LogP contribution >= 0.6 is 0 Å². The minimum absolute atomic E-state index is 0.0158. The van der Waals surface area contributed by atoms with Crippen LogP contribution in [-0.2, 0) is 9.53 Å². The average molecular weight is 289 g/mol. The van der Waals surface area contributed by atoms with E-state index in [2.05, 4.69) is 39.8 Å². The Labute approximate surface area is 125 Å². The normalized spacial score (nSPS) is 26.4. The fourth-order valence-corrected chi connectivity index (χ4v) is 3.00. The fourth-order valence-electron chi connectivity index (χ4n) is 3.00. The third-order valence-electron chi connectivity index (χ3n) is 4.11. The van der Waals surface area contributed by atoms with Gasteiger partial charge in [-0.1, -0.05) is 18.2 Å². The number of hydrogen-bond donors (Lipinski definition) is 2. The molecule has 3 rings (SSSR count). The number of benzene rings is 1. The SMILES string of the molecule is O=C(NC1CCCN(c2ccccc2)C1)C1CNCCO1. The predicted molar refractivity (Wildman–Crippen MR) is 82.4 cm³/mol. The summed E-state index contributed by atoms with van der Waals surface area (Å²) >= 11 is 0. The molecule has 2 aliphatic rings. The molecule has 0 spiro atoms. The van der Waals surface area contributed by atoms with Crippen molar-refractivity contribution >= 4 is 11.6 Å². The first-order valence-electron chi connectivity index (χ1n) is 7.75. The monoisotopic (exact) mass is 289 g/mol. The van der Waals surface area contributed by atoms with Crippen molar-refractivity contribution in [3.05, 3.63) is 30.3 Å². The number of amides is 1. The zero-order valence-electron chi connectivity index (χ0n) is 12.3. The van der Waals surface area contributed by atoms with Crippen LogP contribution in [0.15, 0.2) is 30.3 Å². The van der Waals surface area contributed by atoms with Crippen molar-refractivity contribution in [3.63, 3.8) is 0 Å². The molecule has 0 saturated carbocycles. The van der Waals surface area contributed by atoms with E-state index in [4.69, 9.17) is 4.74 Å². The first kappa shape index (κ1) is 14.4. The Kier molecular flexibility index (Phi) is 4.72. The Balaban J connectivity index is 1.55. The maximum absolute atomic E-state index is 12.2. The molecule has 1 amide bonds. The molecule has 5 heteroatoms. The van der Waals surface area contributed by atoms with Gasteiger partial charge in [-0.25, -0.2) is 0 Å². The third kappa shape index (κ3) is 3.74. The van der Waals surface area contributed by atoms with E-state index in [1.165, 1.54) is 5.69 Å². The van der Waals surface area contributed by atoms with Gasteiger partial charge in [0, 0.05) is 37.9 Å². The van der Waals surface area contributed by atoms with Gasteiger partial charge in [-0.3, -0.25) is 4.79 Å². The van der Waals surface area contributed by atoms with Crippen molar-refractivity contribution in [2.45, 2.75) is 25.0 Å². The lowest BCUT2D eigenvalue weighted by Gasteiger charge is -2.35. The Morgan fingerprint density at radius 3 is 2.95 bits per heavy atom. The van der Waals surface area contributed by atoms with E-state index in [0.717, 1.165) is 32.5 Å². The highest BCUT2D eigenvalue weighted by molar-refractivity contribution is 5.81. The molecule has 2 aliphatic heterocycles. The minimum Gasteiger partial charge on any atom is -0.369 e. The van der Waals surface area contributed by atoms with Crippen LogP contribution in [0.2, 0.25) is 0 Å². The van der Waals surface area contributed by atoms with Gasteiger partial charge in [0.25, 0.3) is 5.91 Å². The number of piperidine rings is 1. The number of nitrogens with zero attached hydrogens (tertiary/aromatic N) is 1. The van der Waals surface area contributed by atoms with Gasteiger partial charge in [0.1, 0.15) is 6.10 Å². The van der Waals surface area contributed by atoms with Crippen LogP contribution in [0.1, 0.15) is 12.8 Å². The van der Waals surface area contributed by atoms with Gasteiger partial charge >= 0.3 is 0 Å². The highest BCUT2D eigenvalue weighted by Gasteiger charge is 2.26. The van der Waals surface area contributed by atoms with Crippen LogP contribution in [0.5, 0.6) is 0 Å². The molecule has 1 aromatic rings. The van der Waals surface area contributed by atoms with Gasteiger partial charge in [0.15, 0.2) is 0 Å². The van der Waals surface area contributed by atoms with Gasteiger partial charge in [0.05, 0.1) is 6.61 Å². The lowest BCUT2D eigenvalue weighted by atomic mass is 10.0. The zero-order chi connectivity index (χ0) is 14.5. The Hall–Kier alpha value is -1.59. The van der Waals surface area contributed by atoms with Gasteiger partial charge in [0.2, 0.25) is 0 Å². The number of morpholine rings is 1. The summed E-state index contributed by atoms with van der Waals surface area (Å²) in [7, 11) is 0. The second-order valence-corrected chi connectivity index (χ2v) is 5.69. The molecule has 0 bridgehead atoms. The number of nitrogens with one attached hydrogen (secondary N) is 2. The molecule has 114 valence electrons. The second kappa shape index (κ2) is 6.91. The van der Waals surface area contributed by atoms with E-state index in [1.807, 2.05) is 6.07 Å². The highest BCUT2D eigenvalue weighted by Crippen LogP contribution is 2.19. The topological polar surface area (TPSA) is 53.6 Å². The molecular weight excluding hydrogens is 266 g/mol. The molecule has 2 saturated heterocycles. The summed E-state index contributed by atoms with van der Waals surface area (Å²) in [5, 5.41) is 6.33. The molecule has 21 heavy (non-hydrogen) atoms. The van der Waals surface area contributed by atoms with Crippen LogP contribution in [-0.4, -0.2) is 50.8 Å². The summed E-state index contributed by atoms with van der Waals surface area (Å²) in [6.45, 7) is 3.97. The molecule has 2 fully saturated rings. The van der Waals surface area contributed by atoms with Crippen molar-refractivity contribution in [3.8, 4) is 0 Å². The quantitative estimate of drug-likeness (QED) is 0.862. The summed E-state index contributed by atoms with van der Waals surface area (Å²) in [6, 6.07) is 10.6. The molecule has 2 atom stereocenters. The standard InChI is InChI=1S/C16H23N3O2/c20-16(15-11-17-8-10-21-15)18-13-5-4-9-19(12-13)14-6-2-1-3-7-14/h1-3,6-7,13,15,17H,4-5,8-12H2,(H,18,20). The number of rotatable bonds is 3. The highest BCUT2D eigenvalue weighted by atomic mass is 16.5. The summed E-state index contributed by atoms with van der Waals surface area (Å²) in [5.41, 5.74) is 1.23. The second-order valence-electron chi connectivity index (χ2n) is 5.69. The van der Waals surface area contributed by atoms with Crippen molar-refractivity contribution in [2.75, 3.05) is 37.7 Å². The molecule has 5 nitrogen and oxygen atoms in total. The smallest absolute Gasteiger partial charge is 0.250 e. The third-order valence-corrected chi connectivity index (χ3v) is 4.11. The van der Waals surface area contributed by atoms with Crippen LogP contribution in [0, 0.1) is 0 Å². The van der Waals surface area contributed by atoms with Gasteiger partial charge in [-0.05, 0) is 25.0 Å². The van der Waals surface area contributed by atoms with Crippen LogP contribution in [0.3, 0.4) is 0 Å². The van der Waals surface area contributed by atoms with Crippen LogP contribution in [0.4, 0.5) is 5.69 Å². The summed E-state index contributed by atoms with van der Waals surface area (Å²) < 4.78 is 5.50. The fraction of sp³-hybridized carbons (Fsp3) is 0.562. The van der Waals surface area contributed by atoms with Crippen molar-refractivity contribution in [1.29, 1.82) is 0 Å². The van der Waals surface area contributed by atoms with E-state index < -0.39 is 0 Å². The number of anilines is 1. The van der Waals surface area contributed by atoms with Crippen molar-refractivity contribution < 1.29 is 9.53 Å². The molecule has 2 N–H and O–H groups in total. The van der Waals surface area contributed by atoms with E-state index in [-0.39, 0.29) is 18.1 Å². The van der Waals surface area contributed by atoms with E-state index in [9.17, 15) is 4.79 Å². The van der Waals surface area contributed by atoms with Gasteiger partial charge in [-0.15, -0.1) is 0 Å². The largest absolute Gasteiger partial charge is 0.369 e. The molecule has 2 unspecified atom stereocenters. The Bertz CT molecular complexity index is 460.